The Labute approximate surface area is 198 Å². The van der Waals surface area contributed by atoms with Gasteiger partial charge in [-0.05, 0) is 59.7 Å². The number of carbonyl (C=O) groups is 2. The molecule has 0 spiro atoms. The molecular weight excluding hydrogens is 436 g/mol. The van der Waals surface area contributed by atoms with Gasteiger partial charge in [-0.15, -0.1) is 0 Å². The van der Waals surface area contributed by atoms with Crippen molar-refractivity contribution in [2.75, 3.05) is 33.5 Å². The van der Waals surface area contributed by atoms with Crippen molar-refractivity contribution in [2.45, 2.75) is 0 Å². The molecule has 7 nitrogen and oxygen atoms in total. The van der Waals surface area contributed by atoms with Gasteiger partial charge in [0.1, 0.15) is 30.5 Å². The molecule has 0 radical (unpaired) electrons. The van der Waals surface area contributed by atoms with Crippen molar-refractivity contribution in [3.05, 3.63) is 91.0 Å². The Balaban J connectivity index is 1.42. The molecule has 0 N–H and O–H groups in total. The van der Waals surface area contributed by atoms with Gasteiger partial charge in [0.2, 0.25) is 0 Å². The Bertz CT molecular complexity index is 1070. The third kappa shape index (κ3) is 7.50. The molecule has 0 unspecified atom stereocenters. The van der Waals surface area contributed by atoms with Crippen LogP contribution in [0.2, 0.25) is 0 Å². The Kier molecular flexibility index (Phi) is 9.25. The molecule has 3 aromatic rings. The molecule has 0 aliphatic rings. The highest BCUT2D eigenvalue weighted by Crippen LogP contribution is 2.25. The minimum absolute atomic E-state index is 0.159. The molecule has 0 aliphatic heterocycles. The van der Waals surface area contributed by atoms with Crippen molar-refractivity contribution in [2.24, 2.45) is 0 Å². The van der Waals surface area contributed by atoms with Gasteiger partial charge >= 0.3 is 11.9 Å². The van der Waals surface area contributed by atoms with E-state index in [0.29, 0.717) is 30.3 Å². The number of methoxy groups -OCH3 is 1. The van der Waals surface area contributed by atoms with E-state index in [1.54, 1.807) is 43.5 Å². The lowest BCUT2D eigenvalue weighted by Crippen LogP contribution is -2.12. The van der Waals surface area contributed by atoms with Crippen LogP contribution >= 0.6 is 0 Å². The van der Waals surface area contributed by atoms with Gasteiger partial charge in [0.05, 0.1) is 25.9 Å². The molecular formula is C27H26O7. The fourth-order valence-corrected chi connectivity index (χ4v) is 2.93. The van der Waals surface area contributed by atoms with E-state index in [1.807, 2.05) is 36.4 Å². The van der Waals surface area contributed by atoms with Crippen LogP contribution in [0, 0.1) is 0 Å². The largest absolute Gasteiger partial charge is 0.497 e. The van der Waals surface area contributed by atoms with Crippen LogP contribution in [0.3, 0.4) is 0 Å². The molecule has 0 atom stereocenters. The second-order valence-corrected chi connectivity index (χ2v) is 7.00. The van der Waals surface area contributed by atoms with Crippen LogP contribution in [-0.4, -0.2) is 45.5 Å². The average molecular weight is 462 g/mol. The van der Waals surface area contributed by atoms with Crippen molar-refractivity contribution < 1.29 is 33.3 Å². The van der Waals surface area contributed by atoms with Gasteiger partial charge in [0, 0.05) is 6.08 Å². The first-order valence-electron chi connectivity index (χ1n) is 10.7. The third-order valence-corrected chi connectivity index (χ3v) is 4.71. The molecule has 0 amide bonds. The predicted octanol–water partition coefficient (Wildman–Crippen LogP) is 4.71. The van der Waals surface area contributed by atoms with Gasteiger partial charge in [0.15, 0.2) is 0 Å². The lowest BCUT2D eigenvalue weighted by molar-refractivity contribution is -0.139. The molecule has 7 heteroatoms. The van der Waals surface area contributed by atoms with E-state index >= 15 is 0 Å². The standard InChI is InChI=1S/C27H26O7/c1-3-26(28)33-19-17-31-16-18-32-24-12-8-22(9-13-24)27(29)34-25-14-6-21(7-15-25)20-4-10-23(30-2)11-5-20/h3-15H,1,16-19H2,2H3. The summed E-state index contributed by atoms with van der Waals surface area (Å²) in [6.45, 7) is 4.40. The van der Waals surface area contributed by atoms with Gasteiger partial charge in [0.25, 0.3) is 0 Å². The Morgan fingerprint density at radius 1 is 0.735 bits per heavy atom. The quantitative estimate of drug-likeness (QED) is 0.167. The molecule has 0 aliphatic carbocycles. The summed E-state index contributed by atoms with van der Waals surface area (Å²) in [5.74, 6) is 0.911. The molecule has 0 saturated carbocycles. The lowest BCUT2D eigenvalue weighted by Gasteiger charge is -2.09. The Morgan fingerprint density at radius 3 is 1.88 bits per heavy atom. The molecule has 0 fully saturated rings. The topological polar surface area (TPSA) is 80.3 Å². The number of ether oxygens (including phenoxy) is 5. The molecule has 3 aromatic carbocycles. The van der Waals surface area contributed by atoms with Crippen LogP contribution < -0.4 is 14.2 Å². The van der Waals surface area contributed by atoms with Crippen molar-refractivity contribution in [1.29, 1.82) is 0 Å². The molecule has 0 bridgehead atoms. The maximum Gasteiger partial charge on any atom is 0.343 e. The number of hydrogen-bond donors (Lipinski definition) is 0. The monoisotopic (exact) mass is 462 g/mol. The zero-order valence-electron chi connectivity index (χ0n) is 18.9. The first-order valence-corrected chi connectivity index (χ1v) is 10.7. The van der Waals surface area contributed by atoms with Crippen molar-refractivity contribution >= 4 is 11.9 Å². The highest BCUT2D eigenvalue weighted by Gasteiger charge is 2.09. The second-order valence-electron chi connectivity index (χ2n) is 7.00. The van der Waals surface area contributed by atoms with Crippen molar-refractivity contribution in [3.63, 3.8) is 0 Å². The second kappa shape index (κ2) is 12.8. The van der Waals surface area contributed by atoms with Crippen LogP contribution in [-0.2, 0) is 14.3 Å². The van der Waals surface area contributed by atoms with Gasteiger partial charge in [-0.1, -0.05) is 30.8 Å². The van der Waals surface area contributed by atoms with Crippen LogP contribution in [0.5, 0.6) is 17.2 Å². The van der Waals surface area contributed by atoms with Crippen LogP contribution in [0.15, 0.2) is 85.5 Å². The Morgan fingerprint density at radius 2 is 1.29 bits per heavy atom. The molecule has 3 rings (SSSR count). The summed E-state index contributed by atoms with van der Waals surface area (Å²) in [6, 6.07) is 21.7. The molecule has 0 heterocycles. The van der Waals surface area contributed by atoms with Gasteiger partial charge in [-0.25, -0.2) is 9.59 Å². The summed E-state index contributed by atoms with van der Waals surface area (Å²) in [5, 5.41) is 0. The average Bonchev–Trinajstić information content (AvgIpc) is 2.88. The van der Waals surface area contributed by atoms with Crippen LogP contribution in [0.1, 0.15) is 10.4 Å². The van der Waals surface area contributed by atoms with Crippen molar-refractivity contribution in [3.8, 4) is 28.4 Å². The lowest BCUT2D eigenvalue weighted by atomic mass is 10.1. The first-order chi connectivity index (χ1) is 16.6. The molecule has 0 aromatic heterocycles. The molecule has 176 valence electrons. The maximum atomic E-state index is 12.4. The summed E-state index contributed by atoms with van der Waals surface area (Å²) < 4.78 is 26.3. The third-order valence-electron chi connectivity index (χ3n) is 4.71. The van der Waals surface area contributed by atoms with E-state index in [9.17, 15) is 9.59 Å². The SMILES string of the molecule is C=CC(=O)OCCOCCOc1ccc(C(=O)Oc2ccc(-c3ccc(OC)cc3)cc2)cc1. The fraction of sp³-hybridized carbons (Fsp3) is 0.185. The summed E-state index contributed by atoms with van der Waals surface area (Å²) >= 11 is 0. The van der Waals surface area contributed by atoms with Crippen LogP contribution in [0.4, 0.5) is 0 Å². The molecule has 0 saturated heterocycles. The van der Waals surface area contributed by atoms with E-state index in [4.69, 9.17) is 23.7 Å². The smallest absolute Gasteiger partial charge is 0.343 e. The fourth-order valence-electron chi connectivity index (χ4n) is 2.93. The Hall–Kier alpha value is -4.10. The summed E-state index contributed by atoms with van der Waals surface area (Å²) in [6.07, 6.45) is 1.10. The number of hydrogen-bond acceptors (Lipinski definition) is 7. The minimum atomic E-state index is -0.482. The van der Waals surface area contributed by atoms with Crippen molar-refractivity contribution in [1.82, 2.24) is 0 Å². The van der Waals surface area contributed by atoms with E-state index in [2.05, 4.69) is 6.58 Å². The van der Waals surface area contributed by atoms with Gasteiger partial charge < -0.3 is 23.7 Å². The zero-order valence-corrected chi connectivity index (χ0v) is 18.9. The highest BCUT2D eigenvalue weighted by atomic mass is 16.6. The number of benzene rings is 3. The number of rotatable bonds is 12. The normalized spacial score (nSPS) is 10.3. The van der Waals surface area contributed by atoms with E-state index in [0.717, 1.165) is 23.0 Å². The first kappa shape index (κ1) is 24.5. The summed E-state index contributed by atoms with van der Waals surface area (Å²) in [4.78, 5) is 23.3. The summed E-state index contributed by atoms with van der Waals surface area (Å²) in [7, 11) is 1.63. The maximum absolute atomic E-state index is 12.4. The number of carbonyl (C=O) groups excluding carboxylic acids is 2. The van der Waals surface area contributed by atoms with E-state index in [-0.39, 0.29) is 13.2 Å². The number of esters is 2. The highest BCUT2D eigenvalue weighted by molar-refractivity contribution is 5.91. The van der Waals surface area contributed by atoms with Gasteiger partial charge in [-0.3, -0.25) is 0 Å². The van der Waals surface area contributed by atoms with Gasteiger partial charge in [-0.2, -0.15) is 0 Å². The zero-order chi connectivity index (χ0) is 24.2. The van der Waals surface area contributed by atoms with E-state index < -0.39 is 11.9 Å². The summed E-state index contributed by atoms with van der Waals surface area (Å²) in [5.41, 5.74) is 2.45. The predicted molar refractivity (Wildman–Crippen MR) is 127 cm³/mol. The molecule has 34 heavy (non-hydrogen) atoms. The van der Waals surface area contributed by atoms with Crippen LogP contribution in [0.25, 0.3) is 11.1 Å². The van der Waals surface area contributed by atoms with E-state index in [1.165, 1.54) is 0 Å². The minimum Gasteiger partial charge on any atom is -0.497 e.